The number of anilines is 1. The van der Waals surface area contributed by atoms with Crippen molar-refractivity contribution in [3.05, 3.63) is 63.2 Å². The summed E-state index contributed by atoms with van der Waals surface area (Å²) in [6.07, 6.45) is 0. The number of nitro benzene ring substituents is 1. The molecule has 0 radical (unpaired) electrons. The minimum atomic E-state index is -0.506. The van der Waals surface area contributed by atoms with Crippen LogP contribution in [0.3, 0.4) is 0 Å². The molecule has 0 aliphatic rings. The second-order valence-electron chi connectivity index (χ2n) is 4.66. The van der Waals surface area contributed by atoms with Crippen molar-refractivity contribution in [3.63, 3.8) is 0 Å². The summed E-state index contributed by atoms with van der Waals surface area (Å²) < 4.78 is 0. The summed E-state index contributed by atoms with van der Waals surface area (Å²) in [5, 5.41) is 23.0. The van der Waals surface area contributed by atoms with Crippen molar-refractivity contribution in [2.75, 3.05) is 5.32 Å². The van der Waals surface area contributed by atoms with Gasteiger partial charge in [0.15, 0.2) is 0 Å². The summed E-state index contributed by atoms with van der Waals surface area (Å²) in [6, 6.07) is 8.89. The van der Waals surface area contributed by atoms with Gasteiger partial charge in [0.1, 0.15) is 5.75 Å². The number of carbonyl (C=O) groups excluding carboxylic acids is 1. The molecular formula is C15H14N2O4. The zero-order valence-electron chi connectivity index (χ0n) is 11.6. The standard InChI is InChI=1S/C15H14N2O4/c1-9-8-11(17(20)21)6-7-12(9)15(19)16-13-4-3-5-14(18)10(13)2/h3-8,18H,1-2H3,(H,16,19). The van der Waals surface area contributed by atoms with E-state index in [1.807, 2.05) is 0 Å². The molecule has 0 aliphatic heterocycles. The predicted octanol–water partition coefficient (Wildman–Crippen LogP) is 3.17. The normalized spacial score (nSPS) is 10.2. The summed E-state index contributed by atoms with van der Waals surface area (Å²) in [5.74, 6) is -0.288. The van der Waals surface area contributed by atoms with Gasteiger partial charge in [-0.15, -0.1) is 0 Å². The Balaban J connectivity index is 2.29. The Morgan fingerprint density at radius 3 is 2.57 bits per heavy atom. The molecule has 1 amide bonds. The van der Waals surface area contributed by atoms with Crippen molar-refractivity contribution in [1.29, 1.82) is 0 Å². The van der Waals surface area contributed by atoms with Gasteiger partial charge in [0.05, 0.1) is 4.92 Å². The van der Waals surface area contributed by atoms with Crippen LogP contribution in [-0.2, 0) is 0 Å². The van der Waals surface area contributed by atoms with Gasteiger partial charge in [-0.2, -0.15) is 0 Å². The van der Waals surface area contributed by atoms with E-state index in [2.05, 4.69) is 5.32 Å². The van der Waals surface area contributed by atoms with E-state index in [4.69, 9.17) is 0 Å². The third-order valence-corrected chi connectivity index (χ3v) is 3.22. The van der Waals surface area contributed by atoms with Crippen LogP contribution < -0.4 is 5.32 Å². The number of hydrogen-bond donors (Lipinski definition) is 2. The van der Waals surface area contributed by atoms with Crippen molar-refractivity contribution in [2.24, 2.45) is 0 Å². The fourth-order valence-corrected chi connectivity index (χ4v) is 1.96. The zero-order chi connectivity index (χ0) is 15.6. The molecule has 21 heavy (non-hydrogen) atoms. The number of phenols is 1. The third kappa shape index (κ3) is 3.00. The average Bonchev–Trinajstić information content (AvgIpc) is 2.43. The fraction of sp³-hybridized carbons (Fsp3) is 0.133. The van der Waals surface area contributed by atoms with Gasteiger partial charge in [-0.1, -0.05) is 6.07 Å². The molecule has 6 heteroatoms. The Morgan fingerprint density at radius 1 is 1.24 bits per heavy atom. The maximum atomic E-state index is 12.2. The molecular weight excluding hydrogens is 272 g/mol. The number of carbonyl (C=O) groups is 1. The highest BCUT2D eigenvalue weighted by Crippen LogP contribution is 2.25. The first-order valence-electron chi connectivity index (χ1n) is 6.25. The van der Waals surface area contributed by atoms with Crippen LogP contribution in [0.15, 0.2) is 36.4 Å². The van der Waals surface area contributed by atoms with E-state index in [1.54, 1.807) is 26.0 Å². The lowest BCUT2D eigenvalue weighted by Crippen LogP contribution is -2.14. The van der Waals surface area contributed by atoms with E-state index in [0.717, 1.165) is 0 Å². The van der Waals surface area contributed by atoms with Gasteiger partial charge in [-0.25, -0.2) is 0 Å². The monoisotopic (exact) mass is 286 g/mol. The number of hydrogen-bond acceptors (Lipinski definition) is 4. The highest BCUT2D eigenvalue weighted by molar-refractivity contribution is 6.05. The largest absolute Gasteiger partial charge is 0.508 e. The van der Waals surface area contributed by atoms with Crippen LogP contribution in [0.25, 0.3) is 0 Å². The number of rotatable bonds is 3. The first-order chi connectivity index (χ1) is 9.90. The quantitative estimate of drug-likeness (QED) is 0.669. The molecule has 2 aromatic rings. The minimum Gasteiger partial charge on any atom is -0.508 e. The number of aromatic hydroxyl groups is 1. The van der Waals surface area contributed by atoms with Crippen LogP contribution in [0, 0.1) is 24.0 Å². The van der Waals surface area contributed by atoms with E-state index in [9.17, 15) is 20.0 Å². The van der Waals surface area contributed by atoms with Crippen molar-refractivity contribution in [3.8, 4) is 5.75 Å². The SMILES string of the molecule is Cc1cc([N+](=O)[O-])ccc1C(=O)Nc1cccc(O)c1C. The lowest BCUT2D eigenvalue weighted by atomic mass is 10.1. The summed E-state index contributed by atoms with van der Waals surface area (Å²) in [4.78, 5) is 22.4. The Labute approximate surface area is 121 Å². The summed E-state index contributed by atoms with van der Waals surface area (Å²) in [5.41, 5.74) is 1.86. The smallest absolute Gasteiger partial charge is 0.269 e. The number of amides is 1. The minimum absolute atomic E-state index is 0.0578. The van der Waals surface area contributed by atoms with Crippen LogP contribution in [-0.4, -0.2) is 15.9 Å². The van der Waals surface area contributed by atoms with Gasteiger partial charge in [-0.05, 0) is 37.6 Å². The molecule has 0 heterocycles. The molecule has 0 aliphatic carbocycles. The van der Waals surface area contributed by atoms with Gasteiger partial charge in [0.2, 0.25) is 0 Å². The van der Waals surface area contributed by atoms with Crippen molar-refractivity contribution in [2.45, 2.75) is 13.8 Å². The lowest BCUT2D eigenvalue weighted by molar-refractivity contribution is -0.384. The molecule has 0 fully saturated rings. The first kappa shape index (κ1) is 14.5. The van der Waals surface area contributed by atoms with E-state index < -0.39 is 4.92 Å². The summed E-state index contributed by atoms with van der Waals surface area (Å²) in [6.45, 7) is 3.32. The molecule has 2 N–H and O–H groups in total. The Morgan fingerprint density at radius 2 is 1.95 bits per heavy atom. The van der Waals surface area contributed by atoms with Crippen molar-refractivity contribution < 1.29 is 14.8 Å². The predicted molar refractivity (Wildman–Crippen MR) is 78.6 cm³/mol. The van der Waals surface area contributed by atoms with Crippen LogP contribution >= 0.6 is 0 Å². The first-order valence-corrected chi connectivity index (χ1v) is 6.25. The molecule has 0 saturated carbocycles. The van der Waals surface area contributed by atoms with E-state index in [-0.39, 0.29) is 17.3 Å². The molecule has 0 saturated heterocycles. The Bertz CT molecular complexity index is 726. The van der Waals surface area contributed by atoms with Crippen LogP contribution in [0.4, 0.5) is 11.4 Å². The molecule has 0 aromatic heterocycles. The number of nitrogens with one attached hydrogen (secondary N) is 1. The van der Waals surface area contributed by atoms with Gasteiger partial charge < -0.3 is 10.4 Å². The van der Waals surface area contributed by atoms with E-state index in [0.29, 0.717) is 22.4 Å². The second-order valence-corrected chi connectivity index (χ2v) is 4.66. The number of nitrogens with zero attached hydrogens (tertiary/aromatic N) is 1. The molecule has 0 atom stereocenters. The van der Waals surface area contributed by atoms with Gasteiger partial charge in [0, 0.05) is 28.9 Å². The molecule has 0 spiro atoms. The number of aryl methyl sites for hydroxylation is 1. The molecule has 0 unspecified atom stereocenters. The Kier molecular flexibility index (Phi) is 3.89. The molecule has 0 bridgehead atoms. The topological polar surface area (TPSA) is 92.5 Å². The number of phenolic OH excluding ortho intramolecular Hbond substituents is 1. The van der Waals surface area contributed by atoms with Gasteiger partial charge in [0.25, 0.3) is 11.6 Å². The van der Waals surface area contributed by atoms with Gasteiger partial charge in [-0.3, -0.25) is 14.9 Å². The summed E-state index contributed by atoms with van der Waals surface area (Å²) in [7, 11) is 0. The van der Waals surface area contributed by atoms with Crippen LogP contribution in [0.5, 0.6) is 5.75 Å². The number of benzene rings is 2. The molecule has 6 nitrogen and oxygen atoms in total. The van der Waals surface area contributed by atoms with Crippen molar-refractivity contribution in [1.82, 2.24) is 0 Å². The molecule has 2 rings (SSSR count). The number of nitro groups is 1. The average molecular weight is 286 g/mol. The van der Waals surface area contributed by atoms with Crippen molar-refractivity contribution >= 4 is 17.3 Å². The second kappa shape index (κ2) is 5.62. The van der Waals surface area contributed by atoms with Crippen LogP contribution in [0.1, 0.15) is 21.5 Å². The Hall–Kier alpha value is -2.89. The zero-order valence-corrected chi connectivity index (χ0v) is 11.6. The highest BCUT2D eigenvalue weighted by Gasteiger charge is 2.14. The molecule has 108 valence electrons. The highest BCUT2D eigenvalue weighted by atomic mass is 16.6. The van der Waals surface area contributed by atoms with Gasteiger partial charge >= 0.3 is 0 Å². The number of non-ortho nitro benzene ring substituents is 1. The maximum absolute atomic E-state index is 12.2. The fourth-order valence-electron chi connectivity index (χ4n) is 1.96. The lowest BCUT2D eigenvalue weighted by Gasteiger charge is -2.10. The van der Waals surface area contributed by atoms with E-state index >= 15 is 0 Å². The van der Waals surface area contributed by atoms with E-state index in [1.165, 1.54) is 24.3 Å². The third-order valence-electron chi connectivity index (χ3n) is 3.22. The maximum Gasteiger partial charge on any atom is 0.269 e. The summed E-state index contributed by atoms with van der Waals surface area (Å²) >= 11 is 0. The van der Waals surface area contributed by atoms with Crippen LogP contribution in [0.2, 0.25) is 0 Å². The molecule has 2 aromatic carbocycles.